The van der Waals surface area contributed by atoms with Crippen LogP contribution < -0.4 is 20.7 Å². The number of methoxy groups -OCH3 is 1. The summed E-state index contributed by atoms with van der Waals surface area (Å²) in [4.78, 5) is 23.4. The summed E-state index contributed by atoms with van der Waals surface area (Å²) in [5.74, 6) is 0.257. The Morgan fingerprint density at radius 3 is 2.65 bits per heavy atom. The Kier molecular flexibility index (Phi) is 8.21. The fourth-order valence-electron chi connectivity index (χ4n) is 1.69. The van der Waals surface area contributed by atoms with Crippen LogP contribution in [0.2, 0.25) is 5.02 Å². The highest BCUT2D eigenvalue weighted by Crippen LogP contribution is 2.27. The summed E-state index contributed by atoms with van der Waals surface area (Å²) >= 11 is 6.09. The molecule has 0 aliphatic rings. The monoisotopic (exact) mass is 343 g/mol. The van der Waals surface area contributed by atoms with E-state index in [1.54, 1.807) is 32.2 Å². The number of carbonyl (C=O) groups is 2. The molecule has 0 bridgehead atoms. The molecule has 3 N–H and O–H groups in total. The van der Waals surface area contributed by atoms with Crippen molar-refractivity contribution >= 4 is 29.2 Å². The molecule has 0 spiro atoms. The van der Waals surface area contributed by atoms with Crippen molar-refractivity contribution in [1.82, 2.24) is 10.6 Å². The van der Waals surface area contributed by atoms with Crippen molar-refractivity contribution in [2.24, 2.45) is 0 Å². The van der Waals surface area contributed by atoms with Gasteiger partial charge in [0.05, 0.1) is 11.6 Å². The molecule has 0 heterocycles. The van der Waals surface area contributed by atoms with E-state index in [1.807, 2.05) is 6.92 Å². The maximum atomic E-state index is 11.8. The molecule has 0 aliphatic heterocycles. The van der Waals surface area contributed by atoms with Crippen LogP contribution in [-0.4, -0.2) is 44.8 Å². The second-order valence-corrected chi connectivity index (χ2v) is 5.11. The first-order valence-corrected chi connectivity index (χ1v) is 7.62. The van der Waals surface area contributed by atoms with Gasteiger partial charge in [-0.1, -0.05) is 11.6 Å². The maximum absolute atomic E-state index is 11.8. The Bertz CT molecular complexity index is 539. The summed E-state index contributed by atoms with van der Waals surface area (Å²) in [6.07, 6.45) is 0. The van der Waals surface area contributed by atoms with Crippen molar-refractivity contribution in [3.63, 3.8) is 0 Å². The molecule has 0 unspecified atom stereocenters. The van der Waals surface area contributed by atoms with E-state index in [1.165, 1.54) is 0 Å². The zero-order valence-electron chi connectivity index (χ0n) is 13.4. The van der Waals surface area contributed by atoms with E-state index in [0.29, 0.717) is 36.2 Å². The fourth-order valence-corrected chi connectivity index (χ4v) is 1.92. The molecule has 7 nitrogen and oxygen atoms in total. The van der Waals surface area contributed by atoms with Crippen LogP contribution in [0.1, 0.15) is 13.8 Å². The van der Waals surface area contributed by atoms with Gasteiger partial charge in [-0.15, -0.1) is 0 Å². The quantitative estimate of drug-likeness (QED) is 0.630. The molecule has 1 atom stereocenters. The molecule has 3 amide bonds. The summed E-state index contributed by atoms with van der Waals surface area (Å²) in [7, 11) is 1.58. The lowest BCUT2D eigenvalue weighted by Crippen LogP contribution is -2.46. The predicted molar refractivity (Wildman–Crippen MR) is 89.1 cm³/mol. The third-order valence-corrected chi connectivity index (χ3v) is 3.12. The number of hydrogen-bond donors (Lipinski definition) is 3. The summed E-state index contributed by atoms with van der Waals surface area (Å²) < 4.78 is 10.3. The van der Waals surface area contributed by atoms with Crippen molar-refractivity contribution < 1.29 is 19.1 Å². The Labute approximate surface area is 140 Å². The van der Waals surface area contributed by atoms with Gasteiger partial charge in [-0.2, -0.15) is 0 Å². The molecular formula is C15H22ClN3O4. The number of rotatable bonds is 8. The Morgan fingerprint density at radius 2 is 2.04 bits per heavy atom. The van der Waals surface area contributed by atoms with E-state index < -0.39 is 12.1 Å². The van der Waals surface area contributed by atoms with Gasteiger partial charge in [-0.3, -0.25) is 4.79 Å². The standard InChI is InChI=1S/C15H22ClN3O4/c1-4-17-14(20)10(2)18-15(21)19-11-5-6-13(12(16)9-11)23-8-7-22-3/h5-6,9-10H,4,7-8H2,1-3H3,(H,17,20)(H2,18,19,21)/t10-/m0/s1. The van der Waals surface area contributed by atoms with Crippen molar-refractivity contribution in [3.8, 4) is 5.75 Å². The Balaban J connectivity index is 2.55. The van der Waals surface area contributed by atoms with Gasteiger partial charge >= 0.3 is 6.03 Å². The molecule has 1 aromatic rings. The van der Waals surface area contributed by atoms with Crippen LogP contribution in [-0.2, 0) is 9.53 Å². The lowest BCUT2D eigenvalue weighted by molar-refractivity contribution is -0.122. The van der Waals surface area contributed by atoms with Crippen molar-refractivity contribution in [2.45, 2.75) is 19.9 Å². The lowest BCUT2D eigenvalue weighted by Gasteiger charge is -2.14. The van der Waals surface area contributed by atoms with Gasteiger partial charge in [0.15, 0.2) is 0 Å². The number of nitrogens with one attached hydrogen (secondary N) is 3. The first-order valence-electron chi connectivity index (χ1n) is 7.24. The van der Waals surface area contributed by atoms with Crippen LogP contribution in [0.4, 0.5) is 10.5 Å². The minimum Gasteiger partial charge on any atom is -0.490 e. The number of anilines is 1. The maximum Gasteiger partial charge on any atom is 0.319 e. The SMILES string of the molecule is CCNC(=O)[C@H](C)NC(=O)Nc1ccc(OCCOC)c(Cl)c1. The minimum atomic E-state index is -0.637. The molecule has 0 saturated heterocycles. The highest BCUT2D eigenvalue weighted by molar-refractivity contribution is 6.32. The largest absolute Gasteiger partial charge is 0.490 e. The van der Waals surface area contributed by atoms with Gasteiger partial charge in [0.25, 0.3) is 0 Å². The van der Waals surface area contributed by atoms with Gasteiger partial charge in [0.2, 0.25) is 5.91 Å². The van der Waals surface area contributed by atoms with Crippen molar-refractivity contribution in [2.75, 3.05) is 32.2 Å². The molecule has 23 heavy (non-hydrogen) atoms. The van der Waals surface area contributed by atoms with Crippen LogP contribution in [0.15, 0.2) is 18.2 Å². The topological polar surface area (TPSA) is 88.7 Å². The van der Waals surface area contributed by atoms with E-state index >= 15 is 0 Å². The molecule has 0 radical (unpaired) electrons. The molecule has 128 valence electrons. The zero-order valence-corrected chi connectivity index (χ0v) is 14.2. The van der Waals surface area contributed by atoms with Crippen molar-refractivity contribution in [1.29, 1.82) is 0 Å². The highest BCUT2D eigenvalue weighted by Gasteiger charge is 2.14. The normalized spacial score (nSPS) is 11.5. The molecule has 0 aromatic heterocycles. The van der Waals surface area contributed by atoms with E-state index in [4.69, 9.17) is 21.1 Å². The molecule has 0 saturated carbocycles. The molecular weight excluding hydrogens is 322 g/mol. The number of hydrogen-bond acceptors (Lipinski definition) is 4. The van der Waals surface area contributed by atoms with Crippen LogP contribution in [0.25, 0.3) is 0 Å². The zero-order chi connectivity index (χ0) is 17.2. The number of urea groups is 1. The van der Waals surface area contributed by atoms with E-state index in [2.05, 4.69) is 16.0 Å². The number of benzene rings is 1. The Morgan fingerprint density at radius 1 is 1.30 bits per heavy atom. The average molecular weight is 344 g/mol. The van der Waals surface area contributed by atoms with Crippen LogP contribution in [0, 0.1) is 0 Å². The molecule has 1 rings (SSSR count). The number of amides is 3. The van der Waals surface area contributed by atoms with Crippen molar-refractivity contribution in [3.05, 3.63) is 23.2 Å². The third kappa shape index (κ3) is 6.75. The van der Waals surface area contributed by atoms with Gasteiger partial charge < -0.3 is 25.4 Å². The average Bonchev–Trinajstić information content (AvgIpc) is 2.49. The number of halogens is 1. The van der Waals surface area contributed by atoms with Crippen LogP contribution in [0.5, 0.6) is 5.75 Å². The molecule has 0 aliphatic carbocycles. The van der Waals surface area contributed by atoms with Crippen LogP contribution in [0.3, 0.4) is 0 Å². The number of ether oxygens (including phenoxy) is 2. The predicted octanol–water partition coefficient (Wildman–Crippen LogP) is 2.01. The van der Waals surface area contributed by atoms with E-state index in [9.17, 15) is 9.59 Å². The summed E-state index contributed by atoms with van der Waals surface area (Å²) in [5.41, 5.74) is 0.495. The summed E-state index contributed by atoms with van der Waals surface area (Å²) in [5, 5.41) is 8.14. The third-order valence-electron chi connectivity index (χ3n) is 2.83. The summed E-state index contributed by atoms with van der Waals surface area (Å²) in [6.45, 7) is 4.75. The number of carbonyl (C=O) groups excluding carboxylic acids is 2. The summed E-state index contributed by atoms with van der Waals surface area (Å²) in [6, 6.07) is 3.75. The first-order chi connectivity index (χ1) is 11.0. The lowest BCUT2D eigenvalue weighted by atomic mass is 10.3. The van der Waals surface area contributed by atoms with Gasteiger partial charge in [-0.25, -0.2) is 4.79 Å². The van der Waals surface area contributed by atoms with Crippen LogP contribution >= 0.6 is 11.6 Å². The second-order valence-electron chi connectivity index (χ2n) is 4.70. The molecule has 8 heteroatoms. The van der Waals surface area contributed by atoms with Gasteiger partial charge in [0, 0.05) is 19.3 Å². The van der Waals surface area contributed by atoms with Gasteiger partial charge in [-0.05, 0) is 32.0 Å². The highest BCUT2D eigenvalue weighted by atomic mass is 35.5. The smallest absolute Gasteiger partial charge is 0.319 e. The second kappa shape index (κ2) is 9.91. The minimum absolute atomic E-state index is 0.248. The van der Waals surface area contributed by atoms with E-state index in [-0.39, 0.29) is 5.91 Å². The fraction of sp³-hybridized carbons (Fsp3) is 0.467. The molecule has 1 aromatic carbocycles. The molecule has 0 fully saturated rings. The number of likely N-dealkylation sites (N-methyl/N-ethyl adjacent to an activating group) is 1. The Hall–Kier alpha value is -1.99. The van der Waals surface area contributed by atoms with Gasteiger partial charge in [0.1, 0.15) is 18.4 Å². The van der Waals surface area contributed by atoms with E-state index in [0.717, 1.165) is 0 Å². The first kappa shape index (κ1) is 19.1.